The standard InChI is InChI=1S/C29H29N2/c1-15(2)22-14-20-12-13-30(7)28-24-18(5)16(3)17(4)19(6)27(24)31-23-11-9-8-10-21(23)26(22)29(31)25(20)28/h8-15H,1-7H3/q+1. The highest BCUT2D eigenvalue weighted by Gasteiger charge is 2.27. The predicted octanol–water partition coefficient (Wildman–Crippen LogP) is 7.17. The number of para-hydroxylation sites is 1. The molecule has 0 aliphatic carbocycles. The van der Waals surface area contributed by atoms with E-state index in [1.165, 1.54) is 76.8 Å². The smallest absolute Gasteiger partial charge is 0.224 e. The van der Waals surface area contributed by atoms with Crippen LogP contribution in [0.1, 0.15) is 47.6 Å². The minimum absolute atomic E-state index is 0.463. The summed E-state index contributed by atoms with van der Waals surface area (Å²) in [6.07, 6.45) is 2.24. The maximum atomic E-state index is 2.58. The molecule has 0 saturated heterocycles. The molecule has 0 aliphatic heterocycles. The minimum Gasteiger partial charge on any atom is -0.307 e. The van der Waals surface area contributed by atoms with Crippen molar-refractivity contribution in [2.24, 2.45) is 7.05 Å². The first kappa shape index (κ1) is 18.6. The van der Waals surface area contributed by atoms with Gasteiger partial charge in [-0.05, 0) is 78.9 Å². The summed E-state index contributed by atoms with van der Waals surface area (Å²) in [5.74, 6) is 0.463. The summed E-state index contributed by atoms with van der Waals surface area (Å²) in [6.45, 7) is 13.8. The van der Waals surface area contributed by atoms with E-state index in [2.05, 4.69) is 100 Å². The molecule has 0 atom stereocenters. The molecule has 31 heavy (non-hydrogen) atoms. The first-order valence-corrected chi connectivity index (χ1v) is 11.3. The number of nitrogens with zero attached hydrogens (tertiary/aromatic N) is 2. The van der Waals surface area contributed by atoms with Crippen LogP contribution >= 0.6 is 0 Å². The van der Waals surface area contributed by atoms with Crippen LogP contribution in [0, 0.1) is 27.7 Å². The maximum Gasteiger partial charge on any atom is 0.224 e. The molecule has 2 heteroatoms. The van der Waals surface area contributed by atoms with E-state index in [4.69, 9.17) is 0 Å². The second kappa shape index (κ2) is 5.97. The first-order valence-electron chi connectivity index (χ1n) is 11.3. The highest BCUT2D eigenvalue weighted by atomic mass is 15.0. The lowest BCUT2D eigenvalue weighted by Crippen LogP contribution is -2.29. The zero-order valence-electron chi connectivity index (χ0n) is 19.5. The van der Waals surface area contributed by atoms with Gasteiger partial charge in [0.1, 0.15) is 7.05 Å². The summed E-state index contributed by atoms with van der Waals surface area (Å²) in [5.41, 5.74) is 12.4. The molecule has 0 unspecified atom stereocenters. The predicted molar refractivity (Wildman–Crippen MR) is 133 cm³/mol. The average molecular weight is 406 g/mol. The van der Waals surface area contributed by atoms with E-state index in [0.717, 1.165) is 0 Å². The highest BCUT2D eigenvalue weighted by Crippen LogP contribution is 2.45. The van der Waals surface area contributed by atoms with Crippen molar-refractivity contribution in [2.75, 3.05) is 0 Å². The fourth-order valence-corrected chi connectivity index (χ4v) is 5.89. The van der Waals surface area contributed by atoms with E-state index in [1.807, 2.05) is 0 Å². The molecule has 3 aromatic heterocycles. The largest absolute Gasteiger partial charge is 0.307 e. The lowest BCUT2D eigenvalue weighted by molar-refractivity contribution is -0.643. The second-order valence-electron chi connectivity index (χ2n) is 9.66. The molecule has 6 aromatic rings. The third kappa shape index (κ3) is 2.10. The van der Waals surface area contributed by atoms with E-state index in [0.29, 0.717) is 5.92 Å². The van der Waals surface area contributed by atoms with Crippen LogP contribution in [-0.2, 0) is 7.05 Å². The molecule has 3 heterocycles. The van der Waals surface area contributed by atoms with E-state index < -0.39 is 0 Å². The lowest BCUT2D eigenvalue weighted by atomic mass is 9.89. The number of benzene rings is 3. The quantitative estimate of drug-likeness (QED) is 0.156. The molecule has 0 spiro atoms. The van der Waals surface area contributed by atoms with Crippen LogP contribution in [0.25, 0.3) is 49.0 Å². The topological polar surface area (TPSA) is 8.29 Å². The normalized spacial score (nSPS) is 12.6. The molecule has 0 N–H and O–H groups in total. The summed E-state index contributed by atoms with van der Waals surface area (Å²) in [4.78, 5) is 0. The Morgan fingerprint density at radius 2 is 1.48 bits per heavy atom. The van der Waals surface area contributed by atoms with E-state index in [-0.39, 0.29) is 0 Å². The van der Waals surface area contributed by atoms with Crippen molar-refractivity contribution in [1.29, 1.82) is 0 Å². The zero-order valence-corrected chi connectivity index (χ0v) is 19.5. The monoisotopic (exact) mass is 405 g/mol. The van der Waals surface area contributed by atoms with Gasteiger partial charge >= 0.3 is 0 Å². The van der Waals surface area contributed by atoms with Gasteiger partial charge in [-0.15, -0.1) is 0 Å². The van der Waals surface area contributed by atoms with Gasteiger partial charge in [0.05, 0.1) is 27.3 Å². The van der Waals surface area contributed by atoms with Crippen molar-refractivity contribution >= 4 is 49.0 Å². The Bertz CT molecular complexity index is 1700. The Kier molecular flexibility index (Phi) is 3.59. The molecule has 6 rings (SSSR count). The fourth-order valence-electron chi connectivity index (χ4n) is 5.89. The summed E-state index contributed by atoms with van der Waals surface area (Å²) in [6, 6.07) is 13.7. The maximum absolute atomic E-state index is 2.58. The summed E-state index contributed by atoms with van der Waals surface area (Å²) < 4.78 is 4.91. The Labute approximate surface area is 183 Å². The van der Waals surface area contributed by atoms with Crippen LogP contribution in [0.5, 0.6) is 0 Å². The van der Waals surface area contributed by atoms with Crippen molar-refractivity contribution in [3.8, 4) is 0 Å². The number of hydrogen-bond acceptors (Lipinski definition) is 0. The molecule has 0 bridgehead atoms. The molecule has 0 radical (unpaired) electrons. The van der Waals surface area contributed by atoms with Crippen molar-refractivity contribution in [3.63, 3.8) is 0 Å². The Morgan fingerprint density at radius 3 is 2.23 bits per heavy atom. The van der Waals surface area contributed by atoms with Gasteiger partial charge in [-0.25, -0.2) is 4.57 Å². The Balaban J connectivity index is 2.16. The van der Waals surface area contributed by atoms with Gasteiger partial charge in [-0.3, -0.25) is 0 Å². The number of pyridine rings is 2. The Morgan fingerprint density at radius 1 is 0.774 bits per heavy atom. The van der Waals surface area contributed by atoms with Gasteiger partial charge in [0.15, 0.2) is 6.20 Å². The van der Waals surface area contributed by atoms with Crippen LogP contribution < -0.4 is 4.57 Å². The van der Waals surface area contributed by atoms with Gasteiger partial charge in [0, 0.05) is 16.8 Å². The summed E-state index contributed by atoms with van der Waals surface area (Å²) in [7, 11) is 2.20. The van der Waals surface area contributed by atoms with Crippen LogP contribution in [-0.4, -0.2) is 4.40 Å². The number of aromatic nitrogens is 2. The molecule has 2 nitrogen and oxygen atoms in total. The Hall–Kier alpha value is -3.13. The van der Waals surface area contributed by atoms with Crippen molar-refractivity contribution in [2.45, 2.75) is 47.5 Å². The molecule has 0 fully saturated rings. The number of rotatable bonds is 1. The molecule has 0 saturated carbocycles. The molecule has 0 aliphatic rings. The van der Waals surface area contributed by atoms with Crippen LogP contribution in [0.4, 0.5) is 0 Å². The number of aryl methyl sites for hydroxylation is 3. The van der Waals surface area contributed by atoms with Gasteiger partial charge < -0.3 is 4.40 Å². The van der Waals surface area contributed by atoms with Crippen LogP contribution in [0.2, 0.25) is 0 Å². The van der Waals surface area contributed by atoms with Gasteiger partial charge in [0.25, 0.3) is 0 Å². The third-order valence-electron chi connectivity index (χ3n) is 7.80. The highest BCUT2D eigenvalue weighted by molar-refractivity contribution is 6.28. The molecular weight excluding hydrogens is 376 g/mol. The minimum atomic E-state index is 0.463. The second-order valence-corrected chi connectivity index (χ2v) is 9.66. The summed E-state index contributed by atoms with van der Waals surface area (Å²) in [5, 5.41) is 6.91. The molecule has 154 valence electrons. The SMILES string of the molecule is Cc1c(C)c(C)c2c(c1C)c1c3c(cc[n+]1C)cc(C(C)C)c1c4ccccc4n2c13. The molecular formula is C29H29N2+. The van der Waals surface area contributed by atoms with E-state index in [1.54, 1.807) is 0 Å². The van der Waals surface area contributed by atoms with Gasteiger partial charge in [0.2, 0.25) is 5.52 Å². The number of hydrogen-bond donors (Lipinski definition) is 0. The van der Waals surface area contributed by atoms with Crippen molar-refractivity contribution < 1.29 is 4.57 Å². The van der Waals surface area contributed by atoms with Gasteiger partial charge in [-0.2, -0.15) is 0 Å². The number of fused-ring (bicyclic) bond motifs is 6. The van der Waals surface area contributed by atoms with Crippen LogP contribution in [0.3, 0.4) is 0 Å². The zero-order chi connectivity index (χ0) is 21.8. The van der Waals surface area contributed by atoms with E-state index >= 15 is 0 Å². The molecule has 3 aromatic carbocycles. The van der Waals surface area contributed by atoms with Crippen molar-refractivity contribution in [3.05, 3.63) is 70.4 Å². The molecule has 0 amide bonds. The van der Waals surface area contributed by atoms with E-state index in [9.17, 15) is 0 Å². The summed E-state index contributed by atoms with van der Waals surface area (Å²) >= 11 is 0. The average Bonchev–Trinajstić information content (AvgIpc) is 3.11. The van der Waals surface area contributed by atoms with Gasteiger partial charge in [-0.1, -0.05) is 32.0 Å². The lowest BCUT2D eigenvalue weighted by Gasteiger charge is -2.19. The fraction of sp³-hybridized carbons (Fsp3) is 0.276. The van der Waals surface area contributed by atoms with Crippen LogP contribution in [0.15, 0.2) is 42.6 Å². The third-order valence-corrected chi connectivity index (χ3v) is 7.80. The van der Waals surface area contributed by atoms with Crippen molar-refractivity contribution in [1.82, 2.24) is 4.40 Å². The first-order chi connectivity index (χ1) is 14.8.